The van der Waals surface area contributed by atoms with Crippen molar-refractivity contribution in [3.8, 4) is 67.5 Å². The van der Waals surface area contributed by atoms with Crippen molar-refractivity contribution in [2.75, 3.05) is 0 Å². The number of para-hydroxylation sites is 4. The summed E-state index contributed by atoms with van der Waals surface area (Å²) < 4.78 is 12.0. The summed E-state index contributed by atoms with van der Waals surface area (Å²) in [5.74, 6) is 1.27. The van der Waals surface area contributed by atoms with Crippen LogP contribution in [-0.2, 0) is 0 Å². The van der Waals surface area contributed by atoms with Gasteiger partial charge >= 0.3 is 0 Å². The molecule has 0 spiro atoms. The van der Waals surface area contributed by atoms with Crippen LogP contribution in [0.3, 0.4) is 0 Å². The van der Waals surface area contributed by atoms with Gasteiger partial charge in [-0.25, -0.2) is 9.97 Å². The van der Waals surface area contributed by atoms with E-state index in [1.807, 2.05) is 67.1 Å². The molecule has 0 saturated heterocycles. The molecular formula is C72H44N4O2. The molecule has 4 heterocycles. The van der Waals surface area contributed by atoms with Crippen molar-refractivity contribution in [1.82, 2.24) is 19.9 Å². The van der Waals surface area contributed by atoms with Crippen molar-refractivity contribution in [1.29, 1.82) is 0 Å². The smallest absolute Gasteiger partial charge is 0.227 e. The predicted octanol–water partition coefficient (Wildman–Crippen LogP) is 19.4. The van der Waals surface area contributed by atoms with Crippen LogP contribution in [-0.4, -0.2) is 19.9 Å². The fraction of sp³-hybridized carbons (Fsp3) is 0. The Kier molecular flexibility index (Phi) is 10.7. The lowest BCUT2D eigenvalue weighted by atomic mass is 9.85. The first-order chi connectivity index (χ1) is 38.7. The first-order valence-corrected chi connectivity index (χ1v) is 26.2. The van der Waals surface area contributed by atoms with Gasteiger partial charge in [0.2, 0.25) is 11.8 Å². The van der Waals surface area contributed by atoms with Crippen molar-refractivity contribution in [2.45, 2.75) is 0 Å². The molecule has 6 heteroatoms. The summed E-state index contributed by atoms with van der Waals surface area (Å²) in [7, 11) is 0. The minimum absolute atomic E-state index is 0.634. The normalized spacial score (nSPS) is 11.6. The van der Waals surface area contributed by atoms with Crippen molar-refractivity contribution in [2.24, 2.45) is 0 Å². The summed E-state index contributed by atoms with van der Waals surface area (Å²) in [5, 5.41) is 14.4. The summed E-state index contributed by atoms with van der Waals surface area (Å²) in [4.78, 5) is 18.6. The number of fused-ring (bicyclic) bond motifs is 8. The molecule has 0 bridgehead atoms. The number of rotatable bonds is 6. The van der Waals surface area contributed by atoms with Crippen LogP contribution in [0.5, 0.6) is 0 Å². The van der Waals surface area contributed by atoms with Crippen LogP contribution < -0.4 is 0 Å². The summed E-state index contributed by atoms with van der Waals surface area (Å²) in [6, 6.07) is 87.0. The van der Waals surface area contributed by atoms with Gasteiger partial charge in [0.1, 0.15) is 11.0 Å². The van der Waals surface area contributed by atoms with Crippen LogP contribution >= 0.6 is 0 Å². The minimum Gasteiger partial charge on any atom is -0.436 e. The highest BCUT2D eigenvalue weighted by molar-refractivity contribution is 6.23. The van der Waals surface area contributed by atoms with E-state index in [1.165, 1.54) is 87.2 Å². The number of oxazole rings is 2. The van der Waals surface area contributed by atoms with E-state index in [1.54, 1.807) is 0 Å². The molecule has 0 amide bonds. The van der Waals surface area contributed by atoms with Crippen LogP contribution in [0.15, 0.2) is 276 Å². The number of hydrogen-bond donors (Lipinski definition) is 0. The summed E-state index contributed by atoms with van der Waals surface area (Å²) in [5.41, 5.74) is 14.6. The Morgan fingerprint density at radius 3 is 1.13 bits per heavy atom. The number of benzene rings is 12. The molecule has 4 aromatic heterocycles. The molecule has 0 radical (unpaired) electrons. The summed E-state index contributed by atoms with van der Waals surface area (Å²) in [6.45, 7) is 0. The molecule has 0 atom stereocenters. The standard InChI is InChI=1S/2C36H22N2O/c1-3-9-30-28(7-1)34(23-13-15-24(16-14-23)36-38-32-11-5-6-12-33(32)39-36)29-8-2-4-10-31(29)35(30)26-17-18-27-22-37-20-19-25(27)21-26;1-2-10-26-22-37-32(21-25(26)9-1)35-29-13-5-3-11-27(29)34(28-12-4-6-14-30(28)35)23-17-19-24(20-18-23)36-38-31-15-7-8-16-33(31)39-36/h2*1-22H. The molecule has 78 heavy (non-hydrogen) atoms. The molecular weight excluding hydrogens is 953 g/mol. The summed E-state index contributed by atoms with van der Waals surface area (Å²) in [6.07, 6.45) is 5.76. The number of pyridine rings is 2. The molecule has 0 unspecified atom stereocenters. The Labute approximate surface area is 448 Å². The third-order valence-corrected chi connectivity index (χ3v) is 15.1. The fourth-order valence-electron chi connectivity index (χ4n) is 11.5. The monoisotopic (exact) mass is 996 g/mol. The van der Waals surface area contributed by atoms with Crippen molar-refractivity contribution in [3.63, 3.8) is 0 Å². The van der Waals surface area contributed by atoms with Crippen LogP contribution in [0.1, 0.15) is 0 Å². The zero-order chi connectivity index (χ0) is 51.5. The molecule has 364 valence electrons. The molecule has 0 aliphatic heterocycles. The molecule has 0 aliphatic rings. The lowest BCUT2D eigenvalue weighted by Crippen LogP contribution is -1.92. The van der Waals surface area contributed by atoms with Crippen LogP contribution in [0.2, 0.25) is 0 Å². The van der Waals surface area contributed by atoms with Gasteiger partial charge in [0, 0.05) is 46.1 Å². The Hall–Kier alpha value is -10.6. The zero-order valence-electron chi connectivity index (χ0n) is 42.0. The highest BCUT2D eigenvalue weighted by Gasteiger charge is 2.20. The van der Waals surface area contributed by atoms with E-state index >= 15 is 0 Å². The maximum atomic E-state index is 6.02. The summed E-state index contributed by atoms with van der Waals surface area (Å²) >= 11 is 0. The van der Waals surface area contributed by atoms with E-state index < -0.39 is 0 Å². The van der Waals surface area contributed by atoms with Crippen LogP contribution in [0.4, 0.5) is 0 Å². The fourth-order valence-corrected chi connectivity index (χ4v) is 11.5. The van der Waals surface area contributed by atoms with E-state index in [4.69, 9.17) is 13.8 Å². The Morgan fingerprint density at radius 1 is 0.269 bits per heavy atom. The third-order valence-electron chi connectivity index (χ3n) is 15.1. The van der Waals surface area contributed by atoms with Gasteiger partial charge in [-0.2, -0.15) is 0 Å². The Bertz CT molecular complexity index is 4480. The Balaban J connectivity index is 0.000000136. The van der Waals surface area contributed by atoms with Gasteiger partial charge < -0.3 is 8.83 Å². The van der Waals surface area contributed by atoms with Crippen molar-refractivity contribution in [3.05, 3.63) is 267 Å². The number of nitrogens with zero attached hydrogens (tertiary/aromatic N) is 4. The average molecular weight is 997 g/mol. The lowest BCUT2D eigenvalue weighted by molar-refractivity contribution is 0.619. The van der Waals surface area contributed by atoms with Gasteiger partial charge in [-0.15, -0.1) is 0 Å². The number of aromatic nitrogens is 4. The van der Waals surface area contributed by atoms with Crippen molar-refractivity contribution < 1.29 is 8.83 Å². The predicted molar refractivity (Wildman–Crippen MR) is 321 cm³/mol. The first-order valence-electron chi connectivity index (χ1n) is 26.2. The Morgan fingerprint density at radius 2 is 0.641 bits per heavy atom. The highest BCUT2D eigenvalue weighted by atomic mass is 16.4. The van der Waals surface area contributed by atoms with E-state index in [-0.39, 0.29) is 0 Å². The van der Waals surface area contributed by atoms with E-state index in [9.17, 15) is 0 Å². The van der Waals surface area contributed by atoms with Gasteiger partial charge in [0.25, 0.3) is 0 Å². The molecule has 16 aromatic rings. The molecule has 0 aliphatic carbocycles. The first kappa shape index (κ1) is 44.9. The molecule has 16 rings (SSSR count). The van der Waals surface area contributed by atoms with Crippen LogP contribution in [0, 0.1) is 0 Å². The van der Waals surface area contributed by atoms with E-state index in [0.29, 0.717) is 11.8 Å². The quantitative estimate of drug-likeness (QED) is 0.154. The molecule has 6 nitrogen and oxygen atoms in total. The lowest BCUT2D eigenvalue weighted by Gasteiger charge is -2.18. The van der Waals surface area contributed by atoms with Gasteiger partial charge in [0.05, 0.1) is 5.69 Å². The highest BCUT2D eigenvalue weighted by Crippen LogP contribution is 2.46. The number of hydrogen-bond acceptors (Lipinski definition) is 6. The van der Waals surface area contributed by atoms with Gasteiger partial charge in [0.15, 0.2) is 11.2 Å². The molecule has 0 saturated carbocycles. The maximum absolute atomic E-state index is 6.02. The molecule has 0 fully saturated rings. The minimum atomic E-state index is 0.634. The largest absolute Gasteiger partial charge is 0.436 e. The average Bonchev–Trinajstić information content (AvgIpc) is 4.20. The third kappa shape index (κ3) is 7.73. The van der Waals surface area contributed by atoms with Crippen LogP contribution in [0.25, 0.3) is 154 Å². The SMILES string of the molecule is c1ccc2cc(-c3c4ccccc4c(-c4ccc(-c5nc6ccccc6o5)cc4)c4ccccc34)ncc2c1.c1ccc2oc(-c3ccc(-c4c5ccccc5c(-c5ccc6cnccc6c5)c5ccccc45)cc3)nc2c1. The van der Waals surface area contributed by atoms with Gasteiger partial charge in [-0.3, -0.25) is 9.97 Å². The van der Waals surface area contributed by atoms with E-state index in [2.05, 4.69) is 215 Å². The molecule has 12 aromatic carbocycles. The molecule has 0 N–H and O–H groups in total. The second kappa shape index (κ2) is 18.7. The van der Waals surface area contributed by atoms with Gasteiger partial charge in [-0.05, 0) is 154 Å². The van der Waals surface area contributed by atoms with E-state index in [0.717, 1.165) is 55.4 Å². The second-order valence-corrected chi connectivity index (χ2v) is 19.7. The topological polar surface area (TPSA) is 77.8 Å². The van der Waals surface area contributed by atoms with Gasteiger partial charge in [-0.1, -0.05) is 182 Å². The van der Waals surface area contributed by atoms with Crippen molar-refractivity contribution >= 4 is 86.8 Å². The zero-order valence-corrected chi connectivity index (χ0v) is 42.0. The second-order valence-electron chi connectivity index (χ2n) is 19.7. The maximum Gasteiger partial charge on any atom is 0.227 e.